The van der Waals surface area contributed by atoms with E-state index in [0.29, 0.717) is 6.42 Å². The molecule has 0 aliphatic rings. The Labute approximate surface area is 151 Å². The zero-order valence-electron chi connectivity index (χ0n) is 15.0. The molecule has 0 unspecified atom stereocenters. The molecule has 0 aliphatic carbocycles. The zero-order chi connectivity index (χ0) is 21.7. The summed E-state index contributed by atoms with van der Waals surface area (Å²) in [5.74, 6) is -25.1. The molecular formula is C15H20F6O6. The number of alkyl halides is 6. The van der Waals surface area contributed by atoms with E-state index in [1.807, 2.05) is 0 Å². The molecule has 0 aromatic carbocycles. The Morgan fingerprint density at radius 2 is 1.07 bits per heavy atom. The molecule has 0 aliphatic heterocycles. The number of hydrogen-bond donors (Lipinski definition) is 0. The first-order valence-electron chi connectivity index (χ1n) is 7.74. The minimum Gasteiger partial charge on any atom is -0.462 e. The third kappa shape index (κ3) is 5.25. The van der Waals surface area contributed by atoms with Crippen LogP contribution < -0.4 is 0 Å². The lowest BCUT2D eigenvalue weighted by Gasteiger charge is -2.29. The van der Waals surface area contributed by atoms with Gasteiger partial charge in [-0.25, -0.2) is 9.59 Å². The van der Waals surface area contributed by atoms with Gasteiger partial charge in [0.2, 0.25) is 0 Å². The maximum atomic E-state index is 13.5. The molecule has 6 nitrogen and oxygen atoms in total. The van der Waals surface area contributed by atoms with Crippen molar-refractivity contribution in [3.05, 3.63) is 0 Å². The van der Waals surface area contributed by atoms with Gasteiger partial charge in [0.25, 0.3) is 0 Å². The minimum atomic E-state index is -6.41. The molecule has 0 N–H and O–H groups in total. The van der Waals surface area contributed by atoms with Crippen molar-refractivity contribution >= 4 is 17.9 Å². The summed E-state index contributed by atoms with van der Waals surface area (Å²) < 4.78 is 92.6. The van der Waals surface area contributed by atoms with Crippen molar-refractivity contribution in [3.63, 3.8) is 0 Å². The smallest absolute Gasteiger partial charge is 0.411 e. The molecule has 0 bridgehead atoms. The number of esters is 3. The van der Waals surface area contributed by atoms with Gasteiger partial charge in [0, 0.05) is 0 Å². The summed E-state index contributed by atoms with van der Waals surface area (Å²) in [7, 11) is 0. The standard InChI is InChI=1S/C15H20F6O6/c1-5-12(3,4)9(22)26-7-8-27-11(24)14(18,19)15(20,21)13(16,17)10(23)25-6-2/h5-8H2,1-4H3. The highest BCUT2D eigenvalue weighted by Gasteiger charge is 2.79. The van der Waals surface area contributed by atoms with E-state index in [-0.39, 0.29) is 0 Å². The van der Waals surface area contributed by atoms with Crippen LogP contribution >= 0.6 is 0 Å². The van der Waals surface area contributed by atoms with Crippen molar-refractivity contribution < 1.29 is 54.9 Å². The van der Waals surface area contributed by atoms with Crippen LogP contribution in [0.3, 0.4) is 0 Å². The van der Waals surface area contributed by atoms with Crippen molar-refractivity contribution in [1.29, 1.82) is 0 Å². The molecule has 0 atom stereocenters. The van der Waals surface area contributed by atoms with Gasteiger partial charge >= 0.3 is 35.7 Å². The van der Waals surface area contributed by atoms with Crippen LogP contribution in [0.25, 0.3) is 0 Å². The summed E-state index contributed by atoms with van der Waals surface area (Å²) in [5, 5.41) is 0. The van der Waals surface area contributed by atoms with Gasteiger partial charge in [-0.3, -0.25) is 4.79 Å². The van der Waals surface area contributed by atoms with Gasteiger partial charge in [-0.2, -0.15) is 26.3 Å². The van der Waals surface area contributed by atoms with Gasteiger partial charge in [0.15, 0.2) is 0 Å². The van der Waals surface area contributed by atoms with E-state index in [4.69, 9.17) is 0 Å². The summed E-state index contributed by atoms with van der Waals surface area (Å²) in [6, 6.07) is 0. The Morgan fingerprint density at radius 3 is 1.44 bits per heavy atom. The van der Waals surface area contributed by atoms with Gasteiger partial charge < -0.3 is 14.2 Å². The fourth-order valence-corrected chi connectivity index (χ4v) is 1.37. The van der Waals surface area contributed by atoms with E-state index >= 15 is 0 Å². The quantitative estimate of drug-likeness (QED) is 0.239. The van der Waals surface area contributed by atoms with Crippen molar-refractivity contribution in [2.24, 2.45) is 5.41 Å². The monoisotopic (exact) mass is 410 g/mol. The second-order valence-corrected chi connectivity index (χ2v) is 5.95. The fraction of sp³-hybridized carbons (Fsp3) is 0.800. The first kappa shape index (κ1) is 25.0. The number of carbonyl (C=O) groups is 3. The largest absolute Gasteiger partial charge is 0.462 e. The molecule has 27 heavy (non-hydrogen) atoms. The van der Waals surface area contributed by atoms with E-state index in [9.17, 15) is 40.7 Å². The lowest BCUT2D eigenvalue weighted by molar-refractivity contribution is -0.301. The fourth-order valence-electron chi connectivity index (χ4n) is 1.37. The van der Waals surface area contributed by atoms with Crippen LogP contribution in [0.1, 0.15) is 34.1 Å². The van der Waals surface area contributed by atoms with Crippen molar-refractivity contribution in [2.75, 3.05) is 19.8 Å². The topological polar surface area (TPSA) is 78.9 Å². The van der Waals surface area contributed by atoms with Gasteiger partial charge in [-0.15, -0.1) is 0 Å². The van der Waals surface area contributed by atoms with E-state index in [1.165, 1.54) is 13.8 Å². The minimum absolute atomic E-state index is 0.360. The summed E-state index contributed by atoms with van der Waals surface area (Å²) in [4.78, 5) is 33.6. The molecule has 0 heterocycles. The number of rotatable bonds is 10. The summed E-state index contributed by atoms with van der Waals surface area (Å²) in [5.41, 5.74) is -0.928. The van der Waals surface area contributed by atoms with E-state index in [0.717, 1.165) is 6.92 Å². The van der Waals surface area contributed by atoms with E-state index in [2.05, 4.69) is 14.2 Å². The SMILES string of the molecule is CCOC(=O)C(F)(F)C(F)(F)C(F)(F)C(=O)OCCOC(=O)C(C)(C)CC. The van der Waals surface area contributed by atoms with E-state index in [1.54, 1.807) is 6.92 Å². The maximum absolute atomic E-state index is 13.5. The van der Waals surface area contributed by atoms with Crippen LogP contribution in [-0.4, -0.2) is 55.5 Å². The molecule has 0 spiro atoms. The van der Waals surface area contributed by atoms with Crippen molar-refractivity contribution in [2.45, 2.75) is 51.9 Å². The first-order chi connectivity index (χ1) is 12.1. The van der Waals surface area contributed by atoms with Crippen molar-refractivity contribution in [1.82, 2.24) is 0 Å². The highest BCUT2D eigenvalue weighted by molar-refractivity contribution is 5.84. The third-order valence-corrected chi connectivity index (χ3v) is 3.56. The van der Waals surface area contributed by atoms with Gasteiger partial charge in [-0.05, 0) is 27.2 Å². The average molecular weight is 410 g/mol. The second-order valence-electron chi connectivity index (χ2n) is 5.95. The van der Waals surface area contributed by atoms with Crippen LogP contribution in [-0.2, 0) is 28.6 Å². The Morgan fingerprint density at radius 1 is 0.704 bits per heavy atom. The van der Waals surface area contributed by atoms with Crippen LogP contribution in [0, 0.1) is 5.41 Å². The molecule has 0 saturated carbocycles. The molecular weight excluding hydrogens is 390 g/mol. The second kappa shape index (κ2) is 8.79. The molecule has 158 valence electrons. The summed E-state index contributed by atoms with van der Waals surface area (Å²) in [6.07, 6.45) is 0.360. The highest BCUT2D eigenvalue weighted by Crippen LogP contribution is 2.46. The van der Waals surface area contributed by atoms with Crippen LogP contribution in [0.4, 0.5) is 26.3 Å². The number of carbonyl (C=O) groups excluding carboxylic acids is 3. The lowest BCUT2D eigenvalue weighted by Crippen LogP contribution is -2.61. The predicted molar refractivity (Wildman–Crippen MR) is 77.5 cm³/mol. The number of halogens is 6. The van der Waals surface area contributed by atoms with Gasteiger partial charge in [0.1, 0.15) is 13.2 Å². The Bertz CT molecular complexity index is 561. The zero-order valence-corrected chi connectivity index (χ0v) is 15.0. The number of hydrogen-bond acceptors (Lipinski definition) is 6. The van der Waals surface area contributed by atoms with Crippen molar-refractivity contribution in [3.8, 4) is 0 Å². The molecule has 0 radical (unpaired) electrons. The lowest BCUT2D eigenvalue weighted by atomic mass is 9.91. The summed E-state index contributed by atoms with van der Waals surface area (Å²) in [6.45, 7) is 3.04. The molecule has 0 aromatic rings. The molecule has 0 fully saturated rings. The highest BCUT2D eigenvalue weighted by atomic mass is 19.3. The molecule has 0 aromatic heterocycles. The Kier molecular flexibility index (Phi) is 8.13. The molecule has 0 amide bonds. The average Bonchev–Trinajstić information content (AvgIpc) is 2.57. The Balaban J connectivity index is 4.98. The van der Waals surface area contributed by atoms with Crippen LogP contribution in [0.5, 0.6) is 0 Å². The molecule has 0 saturated heterocycles. The van der Waals surface area contributed by atoms with E-state index < -0.39 is 60.9 Å². The van der Waals surface area contributed by atoms with Gasteiger partial charge in [-0.1, -0.05) is 6.92 Å². The van der Waals surface area contributed by atoms with Gasteiger partial charge in [0.05, 0.1) is 12.0 Å². The number of ether oxygens (including phenoxy) is 3. The first-order valence-corrected chi connectivity index (χ1v) is 7.74. The molecule has 12 heteroatoms. The Hall–Kier alpha value is -2.01. The molecule has 0 rings (SSSR count). The summed E-state index contributed by atoms with van der Waals surface area (Å²) >= 11 is 0. The predicted octanol–water partition coefficient (Wildman–Crippen LogP) is 2.98. The van der Waals surface area contributed by atoms with Crippen LogP contribution in [0.15, 0.2) is 0 Å². The maximum Gasteiger partial charge on any atom is 0.411 e. The third-order valence-electron chi connectivity index (χ3n) is 3.56. The van der Waals surface area contributed by atoms with Crippen LogP contribution in [0.2, 0.25) is 0 Å². The normalized spacial score (nSPS) is 13.1.